The monoisotopic (exact) mass is 211 g/mol. The fourth-order valence-electron chi connectivity index (χ4n) is 1.23. The standard InChI is InChI=1S/C10H17N3O2/c1-7-5-8(13(4)12-7)9(15)11-10(2,3)6-14/h5,14H,6H2,1-4H3,(H,11,15). The van der Waals surface area contributed by atoms with Crippen molar-refractivity contribution in [3.63, 3.8) is 0 Å². The average molecular weight is 211 g/mol. The van der Waals surface area contributed by atoms with Crippen LogP contribution in [-0.2, 0) is 7.05 Å². The van der Waals surface area contributed by atoms with Crippen LogP contribution < -0.4 is 5.32 Å². The molecule has 0 spiro atoms. The normalized spacial score (nSPS) is 11.5. The quantitative estimate of drug-likeness (QED) is 0.752. The van der Waals surface area contributed by atoms with E-state index in [1.54, 1.807) is 27.0 Å². The molecule has 0 unspecified atom stereocenters. The van der Waals surface area contributed by atoms with Gasteiger partial charge in [0.1, 0.15) is 5.69 Å². The molecular formula is C10H17N3O2. The smallest absolute Gasteiger partial charge is 0.270 e. The first-order chi connectivity index (χ1) is 6.85. The zero-order chi connectivity index (χ0) is 11.6. The van der Waals surface area contributed by atoms with Gasteiger partial charge in [-0.25, -0.2) is 0 Å². The number of carbonyl (C=O) groups excluding carboxylic acids is 1. The maximum absolute atomic E-state index is 11.8. The van der Waals surface area contributed by atoms with Gasteiger partial charge in [0, 0.05) is 7.05 Å². The SMILES string of the molecule is Cc1cc(C(=O)NC(C)(C)CO)n(C)n1. The van der Waals surface area contributed by atoms with Crippen LogP contribution >= 0.6 is 0 Å². The first-order valence-corrected chi connectivity index (χ1v) is 4.80. The molecule has 0 atom stereocenters. The summed E-state index contributed by atoms with van der Waals surface area (Å²) in [7, 11) is 1.72. The lowest BCUT2D eigenvalue weighted by Crippen LogP contribution is -2.46. The molecule has 5 nitrogen and oxygen atoms in total. The van der Waals surface area contributed by atoms with Gasteiger partial charge in [0.2, 0.25) is 0 Å². The first-order valence-electron chi connectivity index (χ1n) is 4.80. The highest BCUT2D eigenvalue weighted by atomic mass is 16.3. The van der Waals surface area contributed by atoms with E-state index in [-0.39, 0.29) is 12.5 Å². The Morgan fingerprint density at radius 2 is 2.27 bits per heavy atom. The summed E-state index contributed by atoms with van der Waals surface area (Å²) in [6, 6.07) is 1.71. The molecule has 1 aromatic heterocycles. The lowest BCUT2D eigenvalue weighted by molar-refractivity contribution is 0.0859. The third-order valence-electron chi connectivity index (χ3n) is 2.08. The lowest BCUT2D eigenvalue weighted by atomic mass is 10.1. The lowest BCUT2D eigenvalue weighted by Gasteiger charge is -2.23. The van der Waals surface area contributed by atoms with Crippen molar-refractivity contribution in [2.45, 2.75) is 26.3 Å². The van der Waals surface area contributed by atoms with Gasteiger partial charge in [0.25, 0.3) is 5.91 Å². The highest BCUT2D eigenvalue weighted by Crippen LogP contribution is 2.05. The fraction of sp³-hybridized carbons (Fsp3) is 0.600. The Balaban J connectivity index is 2.82. The van der Waals surface area contributed by atoms with Gasteiger partial charge in [-0.2, -0.15) is 5.10 Å². The van der Waals surface area contributed by atoms with Crippen molar-refractivity contribution >= 4 is 5.91 Å². The average Bonchev–Trinajstić information content (AvgIpc) is 2.45. The van der Waals surface area contributed by atoms with Crippen LogP contribution in [0.4, 0.5) is 0 Å². The van der Waals surface area contributed by atoms with Gasteiger partial charge in [0.05, 0.1) is 17.8 Å². The summed E-state index contributed by atoms with van der Waals surface area (Å²) in [5.74, 6) is -0.225. The molecule has 1 amide bonds. The zero-order valence-corrected chi connectivity index (χ0v) is 9.53. The van der Waals surface area contributed by atoms with E-state index < -0.39 is 5.54 Å². The summed E-state index contributed by atoms with van der Waals surface area (Å²) in [5, 5.41) is 15.8. The van der Waals surface area contributed by atoms with Crippen molar-refractivity contribution in [2.24, 2.45) is 7.05 Å². The number of aliphatic hydroxyl groups excluding tert-OH is 1. The molecular weight excluding hydrogens is 194 g/mol. The van der Waals surface area contributed by atoms with Crippen LogP contribution in [0.25, 0.3) is 0 Å². The van der Waals surface area contributed by atoms with E-state index in [1.165, 1.54) is 4.68 Å². The molecule has 2 N–H and O–H groups in total. The van der Waals surface area contributed by atoms with Crippen LogP contribution in [0.2, 0.25) is 0 Å². The number of rotatable bonds is 3. The summed E-state index contributed by atoms with van der Waals surface area (Å²) in [5.41, 5.74) is 0.674. The number of nitrogens with zero attached hydrogens (tertiary/aromatic N) is 2. The number of amides is 1. The molecule has 1 aromatic rings. The van der Waals surface area contributed by atoms with E-state index in [4.69, 9.17) is 5.11 Å². The highest BCUT2D eigenvalue weighted by Gasteiger charge is 2.21. The topological polar surface area (TPSA) is 67.2 Å². The minimum absolute atomic E-state index is 0.102. The van der Waals surface area contributed by atoms with Gasteiger partial charge in [0.15, 0.2) is 0 Å². The molecule has 0 radical (unpaired) electrons. The fourth-order valence-corrected chi connectivity index (χ4v) is 1.23. The number of aromatic nitrogens is 2. The van der Waals surface area contributed by atoms with Crippen LogP contribution in [0.5, 0.6) is 0 Å². The molecule has 0 aliphatic heterocycles. The Labute approximate surface area is 89.1 Å². The molecule has 1 heterocycles. The molecule has 0 fully saturated rings. The Kier molecular flexibility index (Phi) is 3.14. The third kappa shape index (κ3) is 2.79. The van der Waals surface area contributed by atoms with Gasteiger partial charge in [-0.3, -0.25) is 9.48 Å². The summed E-state index contributed by atoms with van der Waals surface area (Å²) in [4.78, 5) is 11.8. The van der Waals surface area contributed by atoms with E-state index in [9.17, 15) is 4.79 Å². The van der Waals surface area contributed by atoms with Gasteiger partial charge in [-0.1, -0.05) is 0 Å². The molecule has 0 aliphatic carbocycles. The van der Waals surface area contributed by atoms with Crippen LogP contribution in [0.15, 0.2) is 6.07 Å². The van der Waals surface area contributed by atoms with Crippen LogP contribution in [0, 0.1) is 6.92 Å². The summed E-state index contributed by atoms with van der Waals surface area (Å²) < 4.78 is 1.53. The Morgan fingerprint density at radius 3 is 2.67 bits per heavy atom. The third-order valence-corrected chi connectivity index (χ3v) is 2.08. The highest BCUT2D eigenvalue weighted by molar-refractivity contribution is 5.93. The second-order valence-electron chi connectivity index (χ2n) is 4.29. The minimum Gasteiger partial charge on any atom is -0.394 e. The van der Waals surface area contributed by atoms with E-state index in [1.807, 2.05) is 6.92 Å². The maximum Gasteiger partial charge on any atom is 0.270 e. The van der Waals surface area contributed by atoms with Crippen LogP contribution in [-0.4, -0.2) is 32.9 Å². The number of aliphatic hydroxyl groups is 1. The zero-order valence-electron chi connectivity index (χ0n) is 9.53. The number of hydrogen-bond acceptors (Lipinski definition) is 3. The molecule has 0 saturated heterocycles. The van der Waals surface area contributed by atoms with E-state index in [0.29, 0.717) is 5.69 Å². The molecule has 0 aliphatic rings. The number of hydrogen-bond donors (Lipinski definition) is 2. The predicted octanol–water partition coefficient (Wildman–Crippen LogP) is 0.229. The second-order valence-corrected chi connectivity index (χ2v) is 4.29. The summed E-state index contributed by atoms with van der Waals surface area (Å²) in [6.07, 6.45) is 0. The van der Waals surface area contributed by atoms with Crippen LogP contribution in [0.3, 0.4) is 0 Å². The Hall–Kier alpha value is -1.36. The number of nitrogens with one attached hydrogen (secondary N) is 1. The van der Waals surface area contributed by atoms with Gasteiger partial charge >= 0.3 is 0 Å². The minimum atomic E-state index is -0.616. The van der Waals surface area contributed by atoms with Crippen molar-refractivity contribution in [2.75, 3.05) is 6.61 Å². The number of aryl methyl sites for hydroxylation is 2. The molecule has 0 aromatic carbocycles. The molecule has 0 saturated carbocycles. The van der Waals surface area contributed by atoms with E-state index in [2.05, 4.69) is 10.4 Å². The largest absolute Gasteiger partial charge is 0.394 e. The maximum atomic E-state index is 11.8. The second kappa shape index (κ2) is 4.02. The van der Waals surface area contributed by atoms with Gasteiger partial charge in [-0.05, 0) is 26.8 Å². The predicted molar refractivity (Wildman–Crippen MR) is 56.6 cm³/mol. The van der Waals surface area contributed by atoms with Crippen LogP contribution in [0.1, 0.15) is 30.0 Å². The van der Waals surface area contributed by atoms with Crippen molar-refractivity contribution in [3.8, 4) is 0 Å². The van der Waals surface area contributed by atoms with E-state index >= 15 is 0 Å². The Morgan fingerprint density at radius 1 is 1.67 bits per heavy atom. The molecule has 15 heavy (non-hydrogen) atoms. The summed E-state index contributed by atoms with van der Waals surface area (Å²) >= 11 is 0. The van der Waals surface area contributed by atoms with Crippen molar-refractivity contribution in [3.05, 3.63) is 17.5 Å². The first kappa shape index (κ1) is 11.7. The molecule has 1 rings (SSSR count). The van der Waals surface area contributed by atoms with E-state index in [0.717, 1.165) is 5.69 Å². The number of carbonyl (C=O) groups is 1. The van der Waals surface area contributed by atoms with Crippen molar-refractivity contribution < 1.29 is 9.90 Å². The molecule has 5 heteroatoms. The molecule has 0 bridgehead atoms. The summed E-state index contributed by atoms with van der Waals surface area (Å²) in [6.45, 7) is 5.24. The molecule has 84 valence electrons. The van der Waals surface area contributed by atoms with Crippen molar-refractivity contribution in [1.29, 1.82) is 0 Å². The Bertz CT molecular complexity index is 369. The van der Waals surface area contributed by atoms with Gasteiger partial charge in [-0.15, -0.1) is 0 Å². The van der Waals surface area contributed by atoms with Gasteiger partial charge < -0.3 is 10.4 Å². The van der Waals surface area contributed by atoms with Crippen molar-refractivity contribution in [1.82, 2.24) is 15.1 Å².